The predicted octanol–water partition coefficient (Wildman–Crippen LogP) is 4.91. The summed E-state index contributed by atoms with van der Waals surface area (Å²) in [5.74, 6) is 2.15. The molecule has 3 aromatic rings. The predicted molar refractivity (Wildman–Crippen MR) is 108 cm³/mol. The number of benzene rings is 1. The fraction of sp³-hybridized carbons (Fsp3) is 0.211. The van der Waals surface area contributed by atoms with Crippen LogP contribution in [-0.2, 0) is 6.42 Å². The molecule has 0 atom stereocenters. The molecule has 0 saturated heterocycles. The monoisotopic (exact) mass is 387 g/mol. The second-order valence-electron chi connectivity index (χ2n) is 5.91. The summed E-state index contributed by atoms with van der Waals surface area (Å²) in [5.41, 5.74) is 1.87. The van der Waals surface area contributed by atoms with Gasteiger partial charge in [0.1, 0.15) is 17.5 Å². The molecule has 0 aliphatic rings. The summed E-state index contributed by atoms with van der Waals surface area (Å²) in [6.45, 7) is 2.69. The molecule has 0 saturated carbocycles. The van der Waals surface area contributed by atoms with E-state index in [-0.39, 0.29) is 0 Å². The number of anilines is 3. The minimum Gasteiger partial charge on any atom is -0.359 e. The van der Waals surface area contributed by atoms with Crippen molar-refractivity contribution in [3.05, 3.63) is 70.2 Å². The summed E-state index contributed by atoms with van der Waals surface area (Å²) in [6.07, 6.45) is 4.51. The van der Waals surface area contributed by atoms with Crippen molar-refractivity contribution in [2.75, 3.05) is 23.8 Å². The number of likely N-dealkylation sites (N-methyl/N-ethyl adjacent to an activating group) is 1. The Morgan fingerprint density at radius 1 is 1.04 bits per heavy atom. The fourth-order valence-electron chi connectivity index (χ4n) is 2.52. The maximum atomic E-state index is 6.23. The van der Waals surface area contributed by atoms with Gasteiger partial charge in [-0.2, -0.15) is 0 Å². The molecule has 7 heteroatoms. The van der Waals surface area contributed by atoms with Gasteiger partial charge in [0.25, 0.3) is 0 Å². The lowest BCUT2D eigenvalue weighted by molar-refractivity contribution is 0.848. The number of aromatic nitrogens is 3. The maximum Gasteiger partial charge on any atom is 0.136 e. The number of nitrogens with one attached hydrogen (secondary N) is 1. The normalized spacial score (nSPS) is 10.6. The molecule has 0 spiro atoms. The van der Waals surface area contributed by atoms with Gasteiger partial charge in [-0.3, -0.25) is 4.98 Å². The van der Waals surface area contributed by atoms with E-state index in [0.29, 0.717) is 27.4 Å². The molecule has 0 bridgehead atoms. The van der Waals surface area contributed by atoms with E-state index in [1.165, 1.54) is 5.56 Å². The highest BCUT2D eigenvalue weighted by atomic mass is 35.5. The highest BCUT2D eigenvalue weighted by Gasteiger charge is 2.10. The van der Waals surface area contributed by atoms with E-state index in [1.807, 2.05) is 32.2 Å². The van der Waals surface area contributed by atoms with Gasteiger partial charge in [0, 0.05) is 32.1 Å². The SMILES string of the molecule is Cc1nc(Nc2c(Cl)cccc2Cl)cc(N(C)CCc2ccncc2)n1. The smallest absolute Gasteiger partial charge is 0.136 e. The van der Waals surface area contributed by atoms with E-state index in [2.05, 4.69) is 25.2 Å². The molecular formula is C19H19Cl2N5. The summed E-state index contributed by atoms with van der Waals surface area (Å²) >= 11 is 12.5. The van der Waals surface area contributed by atoms with E-state index in [1.54, 1.807) is 30.6 Å². The van der Waals surface area contributed by atoms with Gasteiger partial charge in [-0.05, 0) is 43.2 Å². The van der Waals surface area contributed by atoms with Gasteiger partial charge in [0.05, 0.1) is 15.7 Å². The molecule has 2 heterocycles. The van der Waals surface area contributed by atoms with Crippen LogP contribution in [0.15, 0.2) is 48.8 Å². The van der Waals surface area contributed by atoms with Crippen LogP contribution in [0.3, 0.4) is 0 Å². The van der Waals surface area contributed by atoms with E-state index >= 15 is 0 Å². The zero-order chi connectivity index (χ0) is 18.5. The van der Waals surface area contributed by atoms with Crippen molar-refractivity contribution in [3.63, 3.8) is 0 Å². The molecule has 1 aromatic carbocycles. The first-order valence-electron chi connectivity index (χ1n) is 8.19. The van der Waals surface area contributed by atoms with Gasteiger partial charge in [0.2, 0.25) is 0 Å². The topological polar surface area (TPSA) is 53.9 Å². The minimum absolute atomic E-state index is 0.543. The van der Waals surface area contributed by atoms with Gasteiger partial charge >= 0.3 is 0 Å². The first kappa shape index (κ1) is 18.4. The van der Waals surface area contributed by atoms with Crippen LogP contribution in [0.4, 0.5) is 17.3 Å². The summed E-state index contributed by atoms with van der Waals surface area (Å²) in [5, 5.41) is 4.29. The number of rotatable bonds is 6. The van der Waals surface area contributed by atoms with Crippen molar-refractivity contribution in [1.29, 1.82) is 0 Å². The Balaban J connectivity index is 1.76. The van der Waals surface area contributed by atoms with E-state index in [9.17, 15) is 0 Å². The highest BCUT2D eigenvalue weighted by molar-refractivity contribution is 6.39. The van der Waals surface area contributed by atoms with Crippen molar-refractivity contribution in [3.8, 4) is 0 Å². The molecule has 5 nitrogen and oxygen atoms in total. The van der Waals surface area contributed by atoms with Crippen LogP contribution < -0.4 is 10.2 Å². The largest absolute Gasteiger partial charge is 0.359 e. The number of hydrogen-bond donors (Lipinski definition) is 1. The van der Waals surface area contributed by atoms with Crippen molar-refractivity contribution in [1.82, 2.24) is 15.0 Å². The van der Waals surface area contributed by atoms with E-state index in [0.717, 1.165) is 18.8 Å². The van der Waals surface area contributed by atoms with Gasteiger partial charge in [0.15, 0.2) is 0 Å². The highest BCUT2D eigenvalue weighted by Crippen LogP contribution is 2.32. The molecular weight excluding hydrogens is 369 g/mol. The van der Waals surface area contributed by atoms with Gasteiger partial charge < -0.3 is 10.2 Å². The minimum atomic E-state index is 0.543. The number of aryl methyl sites for hydroxylation is 1. The zero-order valence-electron chi connectivity index (χ0n) is 14.6. The molecule has 0 amide bonds. The molecule has 0 aliphatic heterocycles. The summed E-state index contributed by atoms with van der Waals surface area (Å²) in [6, 6.07) is 11.3. The molecule has 2 aromatic heterocycles. The van der Waals surface area contributed by atoms with Crippen LogP contribution in [0.2, 0.25) is 10.0 Å². The van der Waals surface area contributed by atoms with Crippen molar-refractivity contribution >= 4 is 40.5 Å². The van der Waals surface area contributed by atoms with Crippen LogP contribution in [0.1, 0.15) is 11.4 Å². The molecule has 0 unspecified atom stereocenters. The second kappa shape index (κ2) is 8.34. The number of halogens is 2. The molecule has 0 aliphatic carbocycles. The van der Waals surface area contributed by atoms with E-state index in [4.69, 9.17) is 23.2 Å². The Hall–Kier alpha value is -2.37. The molecule has 134 valence electrons. The molecule has 26 heavy (non-hydrogen) atoms. The molecule has 3 rings (SSSR count). The Morgan fingerprint density at radius 2 is 1.73 bits per heavy atom. The average molecular weight is 388 g/mol. The van der Waals surface area contributed by atoms with Crippen LogP contribution in [0.5, 0.6) is 0 Å². The summed E-state index contributed by atoms with van der Waals surface area (Å²) in [7, 11) is 2.01. The van der Waals surface area contributed by atoms with Crippen LogP contribution >= 0.6 is 23.2 Å². The van der Waals surface area contributed by atoms with Crippen LogP contribution in [0.25, 0.3) is 0 Å². The number of hydrogen-bond acceptors (Lipinski definition) is 5. The lowest BCUT2D eigenvalue weighted by Gasteiger charge is -2.19. The number of nitrogens with zero attached hydrogens (tertiary/aromatic N) is 4. The Morgan fingerprint density at radius 3 is 2.42 bits per heavy atom. The van der Waals surface area contributed by atoms with Crippen molar-refractivity contribution < 1.29 is 0 Å². The Bertz CT molecular complexity index is 866. The Labute approximate surface area is 163 Å². The molecule has 0 fully saturated rings. The number of pyridine rings is 1. The summed E-state index contributed by atoms with van der Waals surface area (Å²) < 4.78 is 0. The van der Waals surface area contributed by atoms with Crippen LogP contribution in [0, 0.1) is 6.92 Å². The Kier molecular flexibility index (Phi) is 5.91. The third-order valence-electron chi connectivity index (χ3n) is 3.92. The fourth-order valence-corrected chi connectivity index (χ4v) is 3.01. The van der Waals surface area contributed by atoms with E-state index < -0.39 is 0 Å². The molecule has 1 N–H and O–H groups in total. The number of para-hydroxylation sites is 1. The quantitative estimate of drug-likeness (QED) is 0.650. The third kappa shape index (κ3) is 4.62. The lowest BCUT2D eigenvalue weighted by Crippen LogP contribution is -2.22. The lowest BCUT2D eigenvalue weighted by atomic mass is 10.2. The van der Waals surface area contributed by atoms with Crippen molar-refractivity contribution in [2.24, 2.45) is 0 Å². The summed E-state index contributed by atoms with van der Waals surface area (Å²) in [4.78, 5) is 15.1. The second-order valence-corrected chi connectivity index (χ2v) is 6.72. The first-order chi connectivity index (χ1) is 12.5. The maximum absolute atomic E-state index is 6.23. The first-order valence-corrected chi connectivity index (χ1v) is 8.95. The third-order valence-corrected chi connectivity index (χ3v) is 4.55. The van der Waals surface area contributed by atoms with Crippen molar-refractivity contribution in [2.45, 2.75) is 13.3 Å². The van der Waals surface area contributed by atoms with Gasteiger partial charge in [-0.1, -0.05) is 29.3 Å². The zero-order valence-corrected chi connectivity index (χ0v) is 16.1. The standard InChI is InChI=1S/C19H19Cl2N5/c1-13-23-17(25-19-15(20)4-3-5-16(19)21)12-18(24-13)26(2)11-8-14-6-9-22-10-7-14/h3-7,9-10,12H,8,11H2,1-2H3,(H,23,24,25). The molecule has 0 radical (unpaired) electrons. The average Bonchev–Trinajstić information content (AvgIpc) is 2.63. The van der Waals surface area contributed by atoms with Gasteiger partial charge in [-0.15, -0.1) is 0 Å². The van der Waals surface area contributed by atoms with Crippen LogP contribution in [-0.4, -0.2) is 28.5 Å². The van der Waals surface area contributed by atoms with Gasteiger partial charge in [-0.25, -0.2) is 9.97 Å².